The molecule has 2 heterocycles. The first-order valence-electron chi connectivity index (χ1n) is 9.29. The van der Waals surface area contributed by atoms with Crippen molar-refractivity contribution in [3.05, 3.63) is 36.0 Å². The second-order valence-corrected chi connectivity index (χ2v) is 7.48. The highest BCUT2D eigenvalue weighted by Gasteiger charge is 2.26. The number of aliphatic hydroxyl groups is 1. The lowest BCUT2D eigenvalue weighted by Gasteiger charge is -2.41. The van der Waals surface area contributed by atoms with E-state index in [1.807, 2.05) is 0 Å². The maximum atomic E-state index is 9.45. The lowest BCUT2D eigenvalue weighted by Crippen LogP contribution is -2.53. The Balaban J connectivity index is 1.63. The van der Waals surface area contributed by atoms with E-state index < -0.39 is 0 Å². The van der Waals surface area contributed by atoms with Crippen molar-refractivity contribution in [1.29, 1.82) is 0 Å². The van der Waals surface area contributed by atoms with Gasteiger partial charge in [0.05, 0.1) is 0 Å². The van der Waals surface area contributed by atoms with E-state index in [2.05, 4.69) is 59.1 Å². The van der Waals surface area contributed by atoms with Gasteiger partial charge in [-0.2, -0.15) is 0 Å². The third-order valence-corrected chi connectivity index (χ3v) is 5.21. The second kappa shape index (κ2) is 8.15. The van der Waals surface area contributed by atoms with E-state index in [4.69, 9.17) is 0 Å². The average Bonchev–Trinajstić information content (AvgIpc) is 2.97. The number of benzene rings is 1. The maximum Gasteiger partial charge on any atom is 0.0457 e. The van der Waals surface area contributed by atoms with Crippen LogP contribution in [-0.2, 0) is 6.54 Å². The molecule has 2 aromatic rings. The minimum Gasteiger partial charge on any atom is -0.396 e. The largest absolute Gasteiger partial charge is 0.396 e. The minimum absolute atomic E-state index is 0.282. The lowest BCUT2D eigenvalue weighted by atomic mass is 10.0. The van der Waals surface area contributed by atoms with Gasteiger partial charge in [-0.25, -0.2) is 0 Å². The first-order valence-corrected chi connectivity index (χ1v) is 9.29. The van der Waals surface area contributed by atoms with Gasteiger partial charge >= 0.3 is 0 Å². The highest BCUT2D eigenvalue weighted by molar-refractivity contribution is 5.82. The van der Waals surface area contributed by atoms with Gasteiger partial charge in [0.1, 0.15) is 0 Å². The summed E-state index contributed by atoms with van der Waals surface area (Å²) in [4.78, 5) is 8.51. The van der Waals surface area contributed by atoms with Crippen molar-refractivity contribution in [3.8, 4) is 0 Å². The fraction of sp³-hybridized carbons (Fsp3) is 0.600. The molecule has 1 aliphatic rings. The van der Waals surface area contributed by atoms with Crippen molar-refractivity contribution >= 4 is 10.9 Å². The molecule has 0 saturated carbocycles. The number of aromatic amines is 1. The predicted octanol–water partition coefficient (Wildman–Crippen LogP) is 3.08. The molecule has 1 aliphatic heterocycles. The molecule has 0 radical (unpaired) electrons. The SMILES string of the molecule is CC(C)CCN1CCN(Cc2c[nH]c3ccccc23)C[C@@H]1CCO. The molecule has 0 amide bonds. The highest BCUT2D eigenvalue weighted by atomic mass is 16.3. The van der Waals surface area contributed by atoms with Crippen molar-refractivity contribution in [2.45, 2.75) is 39.3 Å². The molecular weight excluding hydrogens is 298 g/mol. The molecule has 0 unspecified atom stereocenters. The van der Waals surface area contributed by atoms with Crippen LogP contribution in [0.2, 0.25) is 0 Å². The third kappa shape index (κ3) is 4.18. The van der Waals surface area contributed by atoms with Crippen molar-refractivity contribution in [2.24, 2.45) is 5.92 Å². The van der Waals surface area contributed by atoms with Crippen LogP contribution in [0.5, 0.6) is 0 Å². The van der Waals surface area contributed by atoms with Crippen LogP contribution in [0.3, 0.4) is 0 Å². The number of nitrogens with zero attached hydrogens (tertiary/aromatic N) is 2. The van der Waals surface area contributed by atoms with Gasteiger partial charge in [-0.15, -0.1) is 0 Å². The molecule has 1 aromatic carbocycles. The molecule has 3 rings (SSSR count). The Hall–Kier alpha value is -1.36. The summed E-state index contributed by atoms with van der Waals surface area (Å²) in [5, 5.41) is 10.8. The molecule has 4 nitrogen and oxygen atoms in total. The van der Waals surface area contributed by atoms with E-state index in [0.717, 1.165) is 45.1 Å². The van der Waals surface area contributed by atoms with Crippen molar-refractivity contribution in [2.75, 3.05) is 32.8 Å². The van der Waals surface area contributed by atoms with E-state index in [1.54, 1.807) is 0 Å². The summed E-state index contributed by atoms with van der Waals surface area (Å²) < 4.78 is 0. The van der Waals surface area contributed by atoms with Crippen molar-refractivity contribution in [3.63, 3.8) is 0 Å². The summed E-state index contributed by atoms with van der Waals surface area (Å²) in [5.41, 5.74) is 2.60. The summed E-state index contributed by atoms with van der Waals surface area (Å²) in [7, 11) is 0. The summed E-state index contributed by atoms with van der Waals surface area (Å²) in [6, 6.07) is 9.00. The first kappa shape index (κ1) is 17.5. The third-order valence-electron chi connectivity index (χ3n) is 5.21. The number of nitrogens with one attached hydrogen (secondary N) is 1. The number of hydrogen-bond acceptors (Lipinski definition) is 3. The number of hydrogen-bond donors (Lipinski definition) is 2. The number of aromatic nitrogens is 1. The quantitative estimate of drug-likeness (QED) is 0.820. The van der Waals surface area contributed by atoms with E-state index in [9.17, 15) is 5.11 Å². The van der Waals surface area contributed by atoms with Gasteiger partial charge in [0.2, 0.25) is 0 Å². The first-order chi connectivity index (χ1) is 11.7. The number of piperazine rings is 1. The van der Waals surface area contributed by atoms with Gasteiger partial charge < -0.3 is 10.1 Å². The number of aliphatic hydroxyl groups excluding tert-OH is 1. The highest BCUT2D eigenvalue weighted by Crippen LogP contribution is 2.22. The van der Waals surface area contributed by atoms with Crippen LogP contribution < -0.4 is 0 Å². The second-order valence-electron chi connectivity index (χ2n) is 7.48. The Morgan fingerprint density at radius 3 is 2.88 bits per heavy atom. The van der Waals surface area contributed by atoms with Gasteiger partial charge in [0, 0.05) is 55.9 Å². The van der Waals surface area contributed by atoms with E-state index in [1.165, 1.54) is 22.9 Å². The van der Waals surface area contributed by atoms with Crippen LogP contribution in [0.4, 0.5) is 0 Å². The van der Waals surface area contributed by atoms with E-state index in [-0.39, 0.29) is 6.61 Å². The number of para-hydroxylation sites is 1. The number of H-pyrrole nitrogens is 1. The fourth-order valence-corrected chi connectivity index (χ4v) is 3.75. The molecule has 2 N–H and O–H groups in total. The normalized spacial score (nSPS) is 20.2. The van der Waals surface area contributed by atoms with Crippen LogP contribution in [0.15, 0.2) is 30.5 Å². The molecule has 1 aromatic heterocycles. The predicted molar refractivity (Wildman–Crippen MR) is 100 cm³/mol. The Bertz CT molecular complexity index is 637. The minimum atomic E-state index is 0.282. The molecule has 1 saturated heterocycles. The summed E-state index contributed by atoms with van der Waals surface area (Å²) >= 11 is 0. The van der Waals surface area contributed by atoms with Gasteiger partial charge in [0.15, 0.2) is 0 Å². The standard InChI is InChI=1S/C20H31N3O/c1-16(2)7-9-23-11-10-22(15-18(23)8-12-24)14-17-13-21-20-6-4-3-5-19(17)20/h3-6,13,16,18,21,24H,7-12,14-15H2,1-2H3/t18-/m0/s1. The molecular formula is C20H31N3O. The molecule has 1 atom stereocenters. The van der Waals surface area contributed by atoms with Crippen molar-refractivity contribution < 1.29 is 5.11 Å². The molecule has 0 spiro atoms. The van der Waals surface area contributed by atoms with Crippen molar-refractivity contribution in [1.82, 2.24) is 14.8 Å². The summed E-state index contributed by atoms with van der Waals surface area (Å²) in [6.07, 6.45) is 4.27. The summed E-state index contributed by atoms with van der Waals surface area (Å²) in [6.45, 7) is 10.3. The lowest BCUT2D eigenvalue weighted by molar-refractivity contribution is 0.0526. The Morgan fingerprint density at radius 1 is 1.25 bits per heavy atom. The smallest absolute Gasteiger partial charge is 0.0457 e. The van der Waals surface area contributed by atoms with Crippen LogP contribution >= 0.6 is 0 Å². The molecule has 0 bridgehead atoms. The fourth-order valence-electron chi connectivity index (χ4n) is 3.75. The van der Waals surface area contributed by atoms with Gasteiger partial charge in [-0.1, -0.05) is 32.0 Å². The topological polar surface area (TPSA) is 42.5 Å². The zero-order chi connectivity index (χ0) is 16.9. The van der Waals surface area contributed by atoms with Crippen LogP contribution in [0.1, 0.15) is 32.3 Å². The van der Waals surface area contributed by atoms with Crippen LogP contribution in [-0.4, -0.2) is 58.7 Å². The van der Waals surface area contributed by atoms with Crippen LogP contribution in [0.25, 0.3) is 10.9 Å². The molecule has 4 heteroatoms. The monoisotopic (exact) mass is 329 g/mol. The molecule has 0 aliphatic carbocycles. The average molecular weight is 329 g/mol. The molecule has 132 valence electrons. The van der Waals surface area contributed by atoms with E-state index >= 15 is 0 Å². The number of fused-ring (bicyclic) bond motifs is 1. The van der Waals surface area contributed by atoms with Gasteiger partial charge in [-0.05, 0) is 36.9 Å². The van der Waals surface area contributed by atoms with Gasteiger partial charge in [0.25, 0.3) is 0 Å². The van der Waals surface area contributed by atoms with Crippen LogP contribution in [0, 0.1) is 5.92 Å². The molecule has 24 heavy (non-hydrogen) atoms. The Morgan fingerprint density at radius 2 is 2.08 bits per heavy atom. The maximum absolute atomic E-state index is 9.45. The zero-order valence-electron chi connectivity index (χ0n) is 15.0. The zero-order valence-corrected chi connectivity index (χ0v) is 15.0. The van der Waals surface area contributed by atoms with Gasteiger partial charge in [-0.3, -0.25) is 9.80 Å². The number of rotatable bonds is 7. The summed E-state index contributed by atoms with van der Waals surface area (Å²) in [5.74, 6) is 0.740. The molecule has 1 fully saturated rings. The Kier molecular flexibility index (Phi) is 5.93. The van der Waals surface area contributed by atoms with E-state index in [0.29, 0.717) is 6.04 Å². The Labute approximate surface area is 145 Å².